The van der Waals surface area contributed by atoms with Crippen molar-refractivity contribution in [3.8, 4) is 0 Å². The molecule has 2 aliphatic carbocycles. The average Bonchev–Trinajstić information content (AvgIpc) is 3.38. The summed E-state index contributed by atoms with van der Waals surface area (Å²) >= 11 is 1.68. The van der Waals surface area contributed by atoms with Crippen molar-refractivity contribution >= 4 is 24.8 Å². The number of allylic oxidation sites excluding steroid dienone is 4. The second-order valence-electron chi connectivity index (χ2n) is 7.14. The van der Waals surface area contributed by atoms with Crippen LogP contribution in [0.2, 0.25) is 0 Å². The first-order valence-electron chi connectivity index (χ1n) is 9.48. The Hall–Kier alpha value is -0.877. The van der Waals surface area contributed by atoms with Crippen LogP contribution in [0.15, 0.2) is 60.7 Å². The molecule has 0 unspecified atom stereocenters. The summed E-state index contributed by atoms with van der Waals surface area (Å²) in [7, 11) is 0. The molecule has 0 bridgehead atoms. The predicted octanol–water partition coefficient (Wildman–Crippen LogP) is 0.922. The third kappa shape index (κ3) is 7.18. The Bertz CT molecular complexity index is 889. The fraction of sp³-hybridized carbons (Fsp3) is 0.280. The molecule has 0 aromatic heterocycles. The zero-order chi connectivity index (χ0) is 18.4. The molecular formula is C25H26Cl2Zr-2. The molecular weight excluding hydrogens is 462 g/mol. The predicted molar refractivity (Wildman–Crippen MR) is 112 cm³/mol. The second kappa shape index (κ2) is 12.6. The first-order chi connectivity index (χ1) is 12.6. The molecule has 5 rings (SSSR count). The van der Waals surface area contributed by atoms with Gasteiger partial charge in [-0.15, -0.1) is 46.2 Å². The summed E-state index contributed by atoms with van der Waals surface area (Å²) in [5.41, 5.74) is 2.66. The molecule has 0 heterocycles. The van der Waals surface area contributed by atoms with Crippen molar-refractivity contribution in [2.45, 2.75) is 46.0 Å². The second-order valence-corrected chi connectivity index (χ2v) is 8.88. The quantitative estimate of drug-likeness (QED) is 0.413. The van der Waals surface area contributed by atoms with Crippen molar-refractivity contribution in [2.75, 3.05) is 0 Å². The number of benzene rings is 2. The van der Waals surface area contributed by atoms with E-state index < -0.39 is 0 Å². The first-order valence-corrected chi connectivity index (χ1v) is 10.7. The van der Waals surface area contributed by atoms with E-state index in [2.05, 4.69) is 68.5 Å². The molecule has 0 atom stereocenters. The van der Waals surface area contributed by atoms with E-state index in [0.717, 1.165) is 6.42 Å². The number of halogens is 2. The molecule has 1 fully saturated rings. The Morgan fingerprint density at radius 3 is 1.71 bits per heavy atom. The van der Waals surface area contributed by atoms with Gasteiger partial charge in [0.05, 0.1) is 0 Å². The maximum absolute atomic E-state index is 2.99. The van der Waals surface area contributed by atoms with E-state index in [1.165, 1.54) is 58.4 Å². The molecule has 0 aliphatic heterocycles. The molecule has 0 spiro atoms. The van der Waals surface area contributed by atoms with E-state index in [0.29, 0.717) is 0 Å². The van der Waals surface area contributed by atoms with E-state index in [-0.39, 0.29) is 24.8 Å². The molecule has 3 aromatic rings. The molecule has 3 heteroatoms. The minimum absolute atomic E-state index is 0. The molecule has 146 valence electrons. The van der Waals surface area contributed by atoms with Crippen molar-refractivity contribution in [1.82, 2.24) is 0 Å². The molecule has 0 nitrogen and oxygen atoms in total. The third-order valence-corrected chi connectivity index (χ3v) is 6.04. The van der Waals surface area contributed by atoms with Crippen LogP contribution in [-0.4, -0.2) is 3.21 Å². The summed E-state index contributed by atoms with van der Waals surface area (Å²) in [6.45, 7) is 4.29. The number of hydrogen-bond donors (Lipinski definition) is 0. The van der Waals surface area contributed by atoms with E-state index >= 15 is 0 Å². The summed E-state index contributed by atoms with van der Waals surface area (Å²) in [5, 5.41) is 5.46. The summed E-state index contributed by atoms with van der Waals surface area (Å²) in [6.07, 6.45) is 15.8. The number of aryl methyl sites for hydroxylation is 2. The van der Waals surface area contributed by atoms with Gasteiger partial charge in [-0.25, -0.2) is 12.2 Å². The van der Waals surface area contributed by atoms with Gasteiger partial charge in [-0.1, -0.05) is 35.4 Å². The van der Waals surface area contributed by atoms with Crippen LogP contribution >= 0.6 is 0 Å². The van der Waals surface area contributed by atoms with E-state index in [9.17, 15) is 0 Å². The molecule has 0 saturated heterocycles. The SMILES string of the molecule is Cc1ccc2[cH-]c3ccc(C)cc3c2c1.[C-]1=CC=CC1.[Cl-].[Cl-].[Zr+2]=[C]1CCCC1. The monoisotopic (exact) mass is 486 g/mol. The van der Waals surface area contributed by atoms with Crippen LogP contribution in [0, 0.1) is 19.9 Å². The molecule has 2 aliphatic rings. The number of hydrogen-bond acceptors (Lipinski definition) is 0. The van der Waals surface area contributed by atoms with Gasteiger partial charge in [0.1, 0.15) is 0 Å². The summed E-state index contributed by atoms with van der Waals surface area (Å²) in [4.78, 5) is 0. The van der Waals surface area contributed by atoms with E-state index in [1.54, 1.807) is 27.4 Å². The van der Waals surface area contributed by atoms with Gasteiger partial charge in [-0.2, -0.15) is 6.08 Å². The van der Waals surface area contributed by atoms with Gasteiger partial charge < -0.3 is 24.8 Å². The first kappa shape index (κ1) is 25.2. The Balaban J connectivity index is 0.000000252. The summed E-state index contributed by atoms with van der Waals surface area (Å²) in [5.74, 6) is 0. The van der Waals surface area contributed by atoms with Crippen LogP contribution in [0.25, 0.3) is 21.5 Å². The molecule has 0 N–H and O–H groups in total. The third-order valence-electron chi connectivity index (χ3n) is 4.81. The van der Waals surface area contributed by atoms with Gasteiger partial charge in [0.15, 0.2) is 0 Å². The fourth-order valence-corrected chi connectivity index (χ4v) is 4.24. The number of fused-ring (bicyclic) bond motifs is 3. The van der Waals surface area contributed by atoms with Crippen LogP contribution in [-0.2, 0) is 24.2 Å². The van der Waals surface area contributed by atoms with Crippen molar-refractivity contribution in [1.29, 1.82) is 0 Å². The van der Waals surface area contributed by atoms with Gasteiger partial charge >= 0.3 is 53.1 Å². The van der Waals surface area contributed by atoms with Gasteiger partial charge in [0.25, 0.3) is 0 Å². The molecule has 1 saturated carbocycles. The topological polar surface area (TPSA) is 0 Å². The Morgan fingerprint density at radius 1 is 0.857 bits per heavy atom. The van der Waals surface area contributed by atoms with Gasteiger partial charge in [-0.3, -0.25) is 6.08 Å². The summed E-state index contributed by atoms with van der Waals surface area (Å²) < 4.78 is 1.79. The van der Waals surface area contributed by atoms with E-state index in [1.807, 2.05) is 12.2 Å². The zero-order valence-electron chi connectivity index (χ0n) is 16.6. The Labute approximate surface area is 196 Å². The van der Waals surface area contributed by atoms with Crippen molar-refractivity contribution in [2.24, 2.45) is 0 Å². The number of rotatable bonds is 0. The molecule has 0 radical (unpaired) electrons. The van der Waals surface area contributed by atoms with Gasteiger partial charge in [0.2, 0.25) is 0 Å². The zero-order valence-corrected chi connectivity index (χ0v) is 20.5. The van der Waals surface area contributed by atoms with Gasteiger partial charge in [-0.05, 0) is 13.8 Å². The maximum atomic E-state index is 2.99. The Morgan fingerprint density at radius 2 is 1.39 bits per heavy atom. The Kier molecular flexibility index (Phi) is 11.4. The van der Waals surface area contributed by atoms with Gasteiger partial charge in [0, 0.05) is 0 Å². The fourth-order valence-electron chi connectivity index (χ4n) is 3.37. The molecule has 3 aromatic carbocycles. The van der Waals surface area contributed by atoms with Crippen LogP contribution < -0.4 is 24.8 Å². The summed E-state index contributed by atoms with van der Waals surface area (Å²) in [6, 6.07) is 15.6. The normalized spacial score (nSPS) is 14.1. The van der Waals surface area contributed by atoms with Crippen molar-refractivity contribution in [3.05, 3.63) is 77.9 Å². The van der Waals surface area contributed by atoms with Crippen LogP contribution in [0.4, 0.5) is 0 Å². The molecule has 28 heavy (non-hydrogen) atoms. The van der Waals surface area contributed by atoms with Crippen LogP contribution in [0.1, 0.15) is 43.2 Å². The minimum atomic E-state index is 0. The standard InChI is InChI=1S/C15H13.C5H8.C5H5.2ClH.Zr/c1-10-3-5-12-9-13-6-4-11(2)8-15(13)14(12)7-10;2*1-2-4-5-3-1;;;/h3-9H,1-2H3;1-4H2;1-3H,4H2;2*1H;/q-1;;-1;;;+2/p-2. The van der Waals surface area contributed by atoms with E-state index in [4.69, 9.17) is 0 Å². The van der Waals surface area contributed by atoms with Crippen LogP contribution in [0.5, 0.6) is 0 Å². The van der Waals surface area contributed by atoms with Crippen molar-refractivity contribution < 1.29 is 49.0 Å². The van der Waals surface area contributed by atoms with Crippen LogP contribution in [0.3, 0.4) is 0 Å². The van der Waals surface area contributed by atoms with Crippen molar-refractivity contribution in [3.63, 3.8) is 0 Å². The molecule has 0 amide bonds. The average molecular weight is 489 g/mol.